The Morgan fingerprint density at radius 3 is 2.62 bits per heavy atom. The number of amides is 1. The maximum absolute atomic E-state index is 12.3. The Balaban J connectivity index is 1.52. The van der Waals surface area contributed by atoms with Gasteiger partial charge in [-0.05, 0) is 37.6 Å². The van der Waals surface area contributed by atoms with Gasteiger partial charge in [-0.25, -0.2) is 0 Å². The van der Waals surface area contributed by atoms with E-state index in [1.807, 2.05) is 11.8 Å². The number of aliphatic carboxylic acids is 1. The number of carbonyl (C=O) groups excluding carboxylic acids is 1. The third-order valence-electron chi connectivity index (χ3n) is 4.51. The zero-order chi connectivity index (χ0) is 17.1. The zero-order valence-electron chi connectivity index (χ0n) is 13.7. The SMILES string of the molecule is CCN(CC(=O)O)C1CC(NC(=O)c2ccc3c(c2)OCCO3)C1. The molecule has 2 N–H and O–H groups in total. The van der Waals surface area contributed by atoms with Crippen molar-refractivity contribution in [3.8, 4) is 11.5 Å². The second kappa shape index (κ2) is 7.09. The predicted octanol–water partition coefficient (Wildman–Crippen LogP) is 1.13. The zero-order valence-corrected chi connectivity index (χ0v) is 13.7. The molecule has 0 aromatic heterocycles. The summed E-state index contributed by atoms with van der Waals surface area (Å²) in [6, 6.07) is 5.47. The summed E-state index contributed by atoms with van der Waals surface area (Å²) in [6.07, 6.45) is 1.55. The van der Waals surface area contributed by atoms with Gasteiger partial charge in [0, 0.05) is 17.6 Å². The normalized spacial score (nSPS) is 21.9. The van der Waals surface area contributed by atoms with Crippen LogP contribution in [-0.2, 0) is 4.79 Å². The van der Waals surface area contributed by atoms with E-state index in [1.54, 1.807) is 18.2 Å². The molecule has 0 bridgehead atoms. The lowest BCUT2D eigenvalue weighted by Crippen LogP contribution is -2.54. The number of fused-ring (bicyclic) bond motifs is 1. The molecule has 0 radical (unpaired) electrons. The molecule has 0 atom stereocenters. The van der Waals surface area contributed by atoms with Crippen LogP contribution in [0.4, 0.5) is 0 Å². The van der Waals surface area contributed by atoms with E-state index in [4.69, 9.17) is 14.6 Å². The number of hydrogen-bond donors (Lipinski definition) is 2. The summed E-state index contributed by atoms with van der Waals surface area (Å²) in [6.45, 7) is 3.69. The highest BCUT2D eigenvalue weighted by atomic mass is 16.6. The molecule has 1 aliphatic heterocycles. The molecular weight excluding hydrogens is 312 g/mol. The lowest BCUT2D eigenvalue weighted by molar-refractivity contribution is -0.139. The van der Waals surface area contributed by atoms with Crippen molar-refractivity contribution in [2.24, 2.45) is 0 Å². The van der Waals surface area contributed by atoms with Crippen LogP contribution in [0.5, 0.6) is 11.5 Å². The summed E-state index contributed by atoms with van der Waals surface area (Å²) in [5, 5.41) is 11.9. The topological polar surface area (TPSA) is 88.1 Å². The highest BCUT2D eigenvalue weighted by Crippen LogP contribution is 2.31. The third kappa shape index (κ3) is 3.62. The maximum Gasteiger partial charge on any atom is 0.317 e. The van der Waals surface area contributed by atoms with E-state index in [2.05, 4.69) is 5.32 Å². The summed E-state index contributed by atoms with van der Waals surface area (Å²) in [7, 11) is 0. The number of benzene rings is 1. The van der Waals surface area contributed by atoms with E-state index in [9.17, 15) is 9.59 Å². The fourth-order valence-corrected chi connectivity index (χ4v) is 3.13. The summed E-state index contributed by atoms with van der Waals surface area (Å²) >= 11 is 0. The van der Waals surface area contributed by atoms with Crippen molar-refractivity contribution < 1.29 is 24.2 Å². The fourth-order valence-electron chi connectivity index (χ4n) is 3.13. The summed E-state index contributed by atoms with van der Waals surface area (Å²) < 4.78 is 10.9. The number of nitrogens with one attached hydrogen (secondary N) is 1. The van der Waals surface area contributed by atoms with Crippen LogP contribution in [0.2, 0.25) is 0 Å². The molecule has 1 heterocycles. The molecule has 1 amide bonds. The number of carboxylic acid groups (broad SMARTS) is 1. The molecule has 0 saturated heterocycles. The first-order valence-electron chi connectivity index (χ1n) is 8.23. The molecular formula is C17H22N2O5. The van der Waals surface area contributed by atoms with Gasteiger partial charge in [0.25, 0.3) is 5.91 Å². The van der Waals surface area contributed by atoms with Gasteiger partial charge in [0.1, 0.15) is 13.2 Å². The van der Waals surface area contributed by atoms with Crippen LogP contribution in [-0.4, -0.2) is 60.3 Å². The molecule has 0 unspecified atom stereocenters. The lowest BCUT2D eigenvalue weighted by atomic mass is 9.85. The molecule has 1 aromatic rings. The number of ether oxygens (including phenoxy) is 2. The minimum absolute atomic E-state index is 0.0456. The smallest absolute Gasteiger partial charge is 0.317 e. The molecule has 2 aliphatic rings. The highest BCUT2D eigenvalue weighted by Gasteiger charge is 2.34. The van der Waals surface area contributed by atoms with Crippen LogP contribution in [0.1, 0.15) is 30.1 Å². The van der Waals surface area contributed by atoms with Crippen LogP contribution in [0.15, 0.2) is 18.2 Å². The molecule has 1 aromatic carbocycles. The van der Waals surface area contributed by atoms with Crippen molar-refractivity contribution in [3.63, 3.8) is 0 Å². The molecule has 1 fully saturated rings. The minimum Gasteiger partial charge on any atom is -0.486 e. The van der Waals surface area contributed by atoms with E-state index in [-0.39, 0.29) is 24.5 Å². The monoisotopic (exact) mass is 334 g/mol. The van der Waals surface area contributed by atoms with Crippen LogP contribution in [0.25, 0.3) is 0 Å². The van der Waals surface area contributed by atoms with Crippen molar-refractivity contribution in [2.75, 3.05) is 26.3 Å². The molecule has 1 aliphatic carbocycles. The summed E-state index contributed by atoms with van der Waals surface area (Å²) in [4.78, 5) is 25.1. The van der Waals surface area contributed by atoms with Crippen molar-refractivity contribution in [3.05, 3.63) is 23.8 Å². The molecule has 24 heavy (non-hydrogen) atoms. The largest absolute Gasteiger partial charge is 0.486 e. The Kier molecular flexibility index (Phi) is 4.89. The van der Waals surface area contributed by atoms with Gasteiger partial charge in [-0.2, -0.15) is 0 Å². The van der Waals surface area contributed by atoms with E-state index >= 15 is 0 Å². The van der Waals surface area contributed by atoms with Gasteiger partial charge >= 0.3 is 5.97 Å². The van der Waals surface area contributed by atoms with Crippen molar-refractivity contribution in [1.29, 1.82) is 0 Å². The Labute approximate surface area is 140 Å². The average Bonchev–Trinajstić information content (AvgIpc) is 2.55. The Morgan fingerprint density at radius 2 is 1.96 bits per heavy atom. The second-order valence-corrected chi connectivity index (χ2v) is 6.11. The van der Waals surface area contributed by atoms with Gasteiger partial charge in [-0.3, -0.25) is 14.5 Å². The van der Waals surface area contributed by atoms with Gasteiger partial charge in [0.2, 0.25) is 0 Å². The predicted molar refractivity (Wildman–Crippen MR) is 86.6 cm³/mol. The molecule has 7 heteroatoms. The molecule has 1 saturated carbocycles. The summed E-state index contributed by atoms with van der Waals surface area (Å²) in [5.41, 5.74) is 0.542. The van der Waals surface area contributed by atoms with Gasteiger partial charge in [-0.15, -0.1) is 0 Å². The Hall–Kier alpha value is -2.28. The van der Waals surface area contributed by atoms with Gasteiger partial charge in [-0.1, -0.05) is 6.92 Å². The van der Waals surface area contributed by atoms with Crippen molar-refractivity contribution >= 4 is 11.9 Å². The first kappa shape index (κ1) is 16.6. The van der Waals surface area contributed by atoms with Gasteiger partial charge < -0.3 is 19.9 Å². The van der Waals surface area contributed by atoms with Crippen LogP contribution in [0.3, 0.4) is 0 Å². The molecule has 130 valence electrons. The average molecular weight is 334 g/mol. The molecule has 3 rings (SSSR count). The number of carboxylic acids is 1. The maximum atomic E-state index is 12.3. The van der Waals surface area contributed by atoms with E-state index in [0.717, 1.165) is 12.8 Å². The van der Waals surface area contributed by atoms with E-state index in [0.29, 0.717) is 36.8 Å². The van der Waals surface area contributed by atoms with Crippen LogP contribution >= 0.6 is 0 Å². The fraction of sp³-hybridized carbons (Fsp3) is 0.529. The number of nitrogens with zero attached hydrogens (tertiary/aromatic N) is 1. The molecule has 7 nitrogen and oxygen atoms in total. The van der Waals surface area contributed by atoms with Crippen LogP contribution < -0.4 is 14.8 Å². The Bertz CT molecular complexity index is 627. The summed E-state index contributed by atoms with van der Waals surface area (Å²) in [5.74, 6) is 0.296. The third-order valence-corrected chi connectivity index (χ3v) is 4.51. The first-order chi connectivity index (χ1) is 11.6. The van der Waals surface area contributed by atoms with Crippen molar-refractivity contribution in [2.45, 2.75) is 31.8 Å². The van der Waals surface area contributed by atoms with E-state index in [1.165, 1.54) is 0 Å². The highest BCUT2D eigenvalue weighted by molar-refractivity contribution is 5.95. The van der Waals surface area contributed by atoms with E-state index < -0.39 is 5.97 Å². The second-order valence-electron chi connectivity index (χ2n) is 6.11. The number of carbonyl (C=O) groups is 2. The Morgan fingerprint density at radius 1 is 1.25 bits per heavy atom. The van der Waals surface area contributed by atoms with Gasteiger partial charge in [0.15, 0.2) is 11.5 Å². The van der Waals surface area contributed by atoms with Crippen molar-refractivity contribution in [1.82, 2.24) is 10.2 Å². The van der Waals surface area contributed by atoms with Crippen LogP contribution in [0, 0.1) is 0 Å². The first-order valence-corrected chi connectivity index (χ1v) is 8.23. The quantitative estimate of drug-likeness (QED) is 0.811. The number of likely N-dealkylation sites (N-methyl/N-ethyl adjacent to an activating group) is 1. The standard InChI is InChI=1S/C17H22N2O5/c1-2-19(10-16(20)21)13-8-12(9-13)18-17(22)11-3-4-14-15(7-11)24-6-5-23-14/h3-4,7,12-13H,2,5-6,8-10H2,1H3,(H,18,22)(H,20,21). The minimum atomic E-state index is -0.819. The van der Waals surface area contributed by atoms with Gasteiger partial charge in [0.05, 0.1) is 6.54 Å². The lowest BCUT2D eigenvalue weighted by Gasteiger charge is -2.42. The number of rotatable bonds is 6. The molecule has 0 spiro atoms. The number of hydrogen-bond acceptors (Lipinski definition) is 5.